The molecule has 104 valence electrons. The number of methoxy groups -OCH3 is 1. The first kappa shape index (κ1) is 13.7. The molecule has 0 amide bonds. The van der Waals surface area contributed by atoms with Crippen molar-refractivity contribution >= 4 is 11.5 Å². The van der Waals surface area contributed by atoms with Crippen molar-refractivity contribution in [2.45, 2.75) is 6.42 Å². The first-order chi connectivity index (χ1) is 9.70. The predicted molar refractivity (Wildman–Crippen MR) is 73.9 cm³/mol. The van der Waals surface area contributed by atoms with E-state index >= 15 is 0 Å². The fraction of sp³-hybridized carbons (Fsp3) is 0.231. The van der Waals surface area contributed by atoms with E-state index in [-0.39, 0.29) is 11.5 Å². The average molecular weight is 274 g/mol. The quantitative estimate of drug-likeness (QED) is 0.640. The van der Waals surface area contributed by atoms with E-state index in [2.05, 4.69) is 15.3 Å². The highest BCUT2D eigenvalue weighted by Crippen LogP contribution is 2.24. The lowest BCUT2D eigenvalue weighted by Crippen LogP contribution is -2.09. The largest absolute Gasteiger partial charge is 0.481 e. The van der Waals surface area contributed by atoms with Crippen LogP contribution in [0.15, 0.2) is 36.5 Å². The van der Waals surface area contributed by atoms with Crippen LogP contribution in [-0.4, -0.2) is 28.5 Å². The van der Waals surface area contributed by atoms with Gasteiger partial charge < -0.3 is 10.1 Å². The van der Waals surface area contributed by atoms with Crippen LogP contribution in [0.3, 0.4) is 0 Å². The van der Waals surface area contributed by atoms with E-state index in [1.54, 1.807) is 6.20 Å². The second kappa shape index (κ2) is 6.46. The Morgan fingerprint density at radius 1 is 1.35 bits per heavy atom. The van der Waals surface area contributed by atoms with Gasteiger partial charge in [-0.1, -0.05) is 6.07 Å². The molecule has 2 heterocycles. The molecule has 0 bridgehead atoms. The molecule has 20 heavy (non-hydrogen) atoms. The van der Waals surface area contributed by atoms with Gasteiger partial charge in [-0.3, -0.25) is 15.1 Å². The van der Waals surface area contributed by atoms with E-state index in [4.69, 9.17) is 4.74 Å². The molecule has 0 saturated heterocycles. The van der Waals surface area contributed by atoms with Crippen molar-refractivity contribution in [3.63, 3.8) is 0 Å². The minimum Gasteiger partial charge on any atom is -0.481 e. The Labute approximate surface area is 115 Å². The van der Waals surface area contributed by atoms with E-state index in [0.717, 1.165) is 5.69 Å². The first-order valence-corrected chi connectivity index (χ1v) is 6.04. The molecule has 0 radical (unpaired) electrons. The molecule has 0 fully saturated rings. The first-order valence-electron chi connectivity index (χ1n) is 6.04. The van der Waals surface area contributed by atoms with Crippen molar-refractivity contribution < 1.29 is 9.66 Å². The lowest BCUT2D eigenvalue weighted by Gasteiger charge is -2.07. The van der Waals surface area contributed by atoms with Gasteiger partial charge in [-0.05, 0) is 12.1 Å². The molecule has 0 unspecified atom stereocenters. The molecular formula is C13H14N4O3. The molecule has 0 aromatic carbocycles. The highest BCUT2D eigenvalue weighted by molar-refractivity contribution is 5.57. The van der Waals surface area contributed by atoms with Crippen LogP contribution in [0.4, 0.5) is 11.5 Å². The van der Waals surface area contributed by atoms with Crippen LogP contribution in [0.2, 0.25) is 0 Å². The Balaban J connectivity index is 2.06. The van der Waals surface area contributed by atoms with E-state index in [1.807, 2.05) is 18.2 Å². The summed E-state index contributed by atoms with van der Waals surface area (Å²) in [6.07, 6.45) is 2.36. The molecule has 7 nitrogen and oxygen atoms in total. The third-order valence-electron chi connectivity index (χ3n) is 2.65. The number of hydrogen-bond acceptors (Lipinski definition) is 6. The highest BCUT2D eigenvalue weighted by Gasteiger charge is 2.15. The van der Waals surface area contributed by atoms with Gasteiger partial charge in [0.25, 0.3) is 0 Å². The number of nitro groups is 1. The van der Waals surface area contributed by atoms with Crippen molar-refractivity contribution in [1.82, 2.24) is 9.97 Å². The monoisotopic (exact) mass is 274 g/mol. The third-order valence-corrected chi connectivity index (χ3v) is 2.65. The lowest BCUT2D eigenvalue weighted by atomic mass is 10.2. The van der Waals surface area contributed by atoms with Gasteiger partial charge in [-0.15, -0.1) is 0 Å². The number of ether oxygens (including phenoxy) is 1. The van der Waals surface area contributed by atoms with Crippen molar-refractivity contribution in [2.75, 3.05) is 19.0 Å². The zero-order valence-corrected chi connectivity index (χ0v) is 10.9. The van der Waals surface area contributed by atoms with Crippen LogP contribution in [0.25, 0.3) is 0 Å². The maximum absolute atomic E-state index is 10.9. The molecule has 2 rings (SSSR count). The highest BCUT2D eigenvalue weighted by atomic mass is 16.6. The molecule has 2 aromatic rings. The smallest absolute Gasteiger partial charge is 0.311 e. The molecule has 0 aliphatic rings. The van der Waals surface area contributed by atoms with Gasteiger partial charge in [0, 0.05) is 37.0 Å². The maximum Gasteiger partial charge on any atom is 0.311 e. The van der Waals surface area contributed by atoms with Crippen LogP contribution in [0.5, 0.6) is 5.88 Å². The molecule has 0 aliphatic carbocycles. The van der Waals surface area contributed by atoms with Crippen LogP contribution in [0.1, 0.15) is 5.69 Å². The van der Waals surface area contributed by atoms with Gasteiger partial charge in [0.05, 0.1) is 12.0 Å². The normalized spacial score (nSPS) is 10.1. The van der Waals surface area contributed by atoms with E-state index < -0.39 is 4.92 Å². The molecule has 1 N–H and O–H groups in total. The summed E-state index contributed by atoms with van der Waals surface area (Å²) in [6, 6.07) is 8.46. The van der Waals surface area contributed by atoms with Crippen LogP contribution in [0, 0.1) is 10.1 Å². The van der Waals surface area contributed by atoms with Crippen molar-refractivity contribution in [2.24, 2.45) is 0 Å². The fourth-order valence-corrected chi connectivity index (χ4v) is 1.68. The van der Waals surface area contributed by atoms with E-state index in [1.165, 1.54) is 19.2 Å². The molecule has 2 aromatic heterocycles. The second-order valence-corrected chi connectivity index (χ2v) is 3.98. The number of aromatic nitrogens is 2. The summed E-state index contributed by atoms with van der Waals surface area (Å²) >= 11 is 0. The number of rotatable bonds is 6. The number of pyridine rings is 2. The van der Waals surface area contributed by atoms with Gasteiger partial charge >= 0.3 is 5.69 Å². The zero-order valence-electron chi connectivity index (χ0n) is 10.9. The Morgan fingerprint density at radius 2 is 2.20 bits per heavy atom. The molecule has 0 aliphatic heterocycles. The number of hydrogen-bond donors (Lipinski definition) is 1. The number of anilines is 1. The average Bonchev–Trinajstić information content (AvgIpc) is 2.48. The summed E-state index contributed by atoms with van der Waals surface area (Å²) < 4.78 is 4.97. The van der Waals surface area contributed by atoms with Gasteiger partial charge in [-0.2, -0.15) is 4.98 Å². The molecular weight excluding hydrogens is 260 g/mol. The molecule has 0 saturated carbocycles. The van der Waals surface area contributed by atoms with Gasteiger partial charge in [0.15, 0.2) is 0 Å². The second-order valence-electron chi connectivity index (χ2n) is 3.98. The minimum atomic E-state index is -0.477. The summed E-state index contributed by atoms with van der Waals surface area (Å²) in [6.45, 7) is 0.498. The Morgan fingerprint density at radius 3 is 2.85 bits per heavy atom. The predicted octanol–water partition coefficient (Wildman–Crippen LogP) is 2.05. The van der Waals surface area contributed by atoms with Gasteiger partial charge in [0.1, 0.15) is 0 Å². The molecule has 0 spiro atoms. The standard InChI is InChI=1S/C13H14N4O3/c1-20-12-6-5-11(17(18)19)13(16-12)15-9-7-10-4-2-3-8-14-10/h2-6,8H,7,9H2,1H3,(H,15,16). The van der Waals surface area contributed by atoms with Crippen LogP contribution < -0.4 is 10.1 Å². The van der Waals surface area contributed by atoms with E-state index in [0.29, 0.717) is 18.8 Å². The van der Waals surface area contributed by atoms with Gasteiger partial charge in [-0.25, -0.2) is 0 Å². The Bertz CT molecular complexity index is 589. The van der Waals surface area contributed by atoms with Crippen molar-refractivity contribution in [3.8, 4) is 5.88 Å². The number of nitrogens with one attached hydrogen (secondary N) is 1. The van der Waals surface area contributed by atoms with E-state index in [9.17, 15) is 10.1 Å². The minimum absolute atomic E-state index is 0.0770. The maximum atomic E-state index is 10.9. The van der Waals surface area contributed by atoms with Crippen LogP contribution >= 0.6 is 0 Å². The third kappa shape index (κ3) is 3.41. The molecule has 0 atom stereocenters. The summed E-state index contributed by atoms with van der Waals surface area (Å²) in [5, 5.41) is 13.9. The zero-order chi connectivity index (χ0) is 14.4. The summed E-state index contributed by atoms with van der Waals surface area (Å²) in [5.41, 5.74) is 0.831. The van der Waals surface area contributed by atoms with Crippen LogP contribution in [-0.2, 0) is 6.42 Å². The van der Waals surface area contributed by atoms with Crippen molar-refractivity contribution in [3.05, 3.63) is 52.3 Å². The SMILES string of the molecule is COc1ccc([N+](=O)[O-])c(NCCc2ccccn2)n1. The lowest BCUT2D eigenvalue weighted by molar-refractivity contribution is -0.384. The fourth-order valence-electron chi connectivity index (χ4n) is 1.68. The Hall–Kier alpha value is -2.70. The van der Waals surface area contributed by atoms with Crippen molar-refractivity contribution in [1.29, 1.82) is 0 Å². The van der Waals surface area contributed by atoms with Gasteiger partial charge in [0.2, 0.25) is 11.7 Å². The summed E-state index contributed by atoms with van der Waals surface area (Å²) in [4.78, 5) is 18.7. The Kier molecular flexibility index (Phi) is 4.43. The summed E-state index contributed by atoms with van der Waals surface area (Å²) in [5.74, 6) is 0.529. The topological polar surface area (TPSA) is 90.2 Å². The summed E-state index contributed by atoms with van der Waals surface area (Å²) in [7, 11) is 1.46. The molecule has 7 heteroatoms. The number of nitrogens with zero attached hydrogens (tertiary/aromatic N) is 3.